The van der Waals surface area contributed by atoms with Crippen LogP contribution in [-0.2, 0) is 13.1 Å². The van der Waals surface area contributed by atoms with Gasteiger partial charge in [-0.1, -0.05) is 41.9 Å². The van der Waals surface area contributed by atoms with Crippen LogP contribution in [-0.4, -0.2) is 22.3 Å². The monoisotopic (exact) mass is 419 g/mol. The van der Waals surface area contributed by atoms with Gasteiger partial charge in [-0.25, -0.2) is 0 Å². The number of hydrogen-bond acceptors (Lipinski definition) is 3. The molecule has 0 bridgehead atoms. The molecule has 1 amide bonds. The predicted octanol–water partition coefficient (Wildman–Crippen LogP) is 5.07. The van der Waals surface area contributed by atoms with Crippen molar-refractivity contribution < 1.29 is 9.53 Å². The maximum absolute atomic E-state index is 12.7. The molecule has 1 aromatic heterocycles. The van der Waals surface area contributed by atoms with Crippen LogP contribution in [0.15, 0.2) is 72.9 Å². The van der Waals surface area contributed by atoms with E-state index in [-0.39, 0.29) is 5.91 Å². The molecule has 0 radical (unpaired) electrons. The molecule has 0 saturated carbocycles. The van der Waals surface area contributed by atoms with Crippen molar-refractivity contribution >= 4 is 28.4 Å². The molecule has 0 aliphatic heterocycles. The number of aromatic nitrogens is 2. The third-order valence-corrected chi connectivity index (χ3v) is 5.09. The molecule has 1 N–H and O–H groups in total. The van der Waals surface area contributed by atoms with Crippen LogP contribution in [0.4, 0.5) is 0 Å². The Balaban J connectivity index is 1.46. The zero-order valence-electron chi connectivity index (χ0n) is 16.6. The zero-order valence-corrected chi connectivity index (χ0v) is 17.4. The molecule has 3 aromatic carbocycles. The van der Waals surface area contributed by atoms with E-state index in [0.29, 0.717) is 30.3 Å². The summed E-state index contributed by atoms with van der Waals surface area (Å²) in [7, 11) is 0. The molecule has 0 aliphatic rings. The molecule has 6 heteroatoms. The lowest BCUT2D eigenvalue weighted by molar-refractivity contribution is 0.0951. The van der Waals surface area contributed by atoms with Crippen molar-refractivity contribution in [1.29, 1.82) is 0 Å². The van der Waals surface area contributed by atoms with Gasteiger partial charge in [0.2, 0.25) is 0 Å². The summed E-state index contributed by atoms with van der Waals surface area (Å²) in [5.74, 6) is 0.706. The second-order valence-corrected chi connectivity index (χ2v) is 7.40. The van der Waals surface area contributed by atoms with Crippen LogP contribution in [0.2, 0.25) is 5.02 Å². The van der Waals surface area contributed by atoms with Gasteiger partial charge in [0, 0.05) is 22.5 Å². The molecule has 152 valence electrons. The summed E-state index contributed by atoms with van der Waals surface area (Å²) in [4.78, 5) is 12.7. The number of ether oxygens (including phenoxy) is 1. The molecule has 4 rings (SSSR count). The van der Waals surface area contributed by atoms with Crippen LogP contribution in [0.3, 0.4) is 0 Å². The lowest BCUT2D eigenvalue weighted by atomic mass is 10.1. The van der Waals surface area contributed by atoms with Gasteiger partial charge in [-0.2, -0.15) is 5.10 Å². The van der Waals surface area contributed by atoms with Gasteiger partial charge >= 0.3 is 0 Å². The molecule has 4 aromatic rings. The molecular weight excluding hydrogens is 398 g/mol. The maximum atomic E-state index is 12.7. The van der Waals surface area contributed by atoms with Crippen molar-refractivity contribution in [2.24, 2.45) is 0 Å². The summed E-state index contributed by atoms with van der Waals surface area (Å²) in [5, 5.41) is 9.14. The normalized spacial score (nSPS) is 10.9. The van der Waals surface area contributed by atoms with Gasteiger partial charge in [0.1, 0.15) is 5.75 Å². The van der Waals surface area contributed by atoms with Crippen LogP contribution < -0.4 is 10.1 Å². The van der Waals surface area contributed by atoms with Gasteiger partial charge in [0.25, 0.3) is 5.91 Å². The number of benzene rings is 3. The minimum absolute atomic E-state index is 0.120. The van der Waals surface area contributed by atoms with E-state index in [0.717, 1.165) is 27.8 Å². The molecule has 0 atom stereocenters. The number of nitrogens with one attached hydrogen (secondary N) is 1. The van der Waals surface area contributed by atoms with E-state index in [4.69, 9.17) is 16.3 Å². The maximum Gasteiger partial charge on any atom is 0.251 e. The average Bonchev–Trinajstić information content (AvgIpc) is 3.17. The van der Waals surface area contributed by atoms with Crippen LogP contribution in [0, 0.1) is 0 Å². The summed E-state index contributed by atoms with van der Waals surface area (Å²) in [6, 6.07) is 21.0. The third kappa shape index (κ3) is 4.63. The Hall–Kier alpha value is -3.31. The Labute approximate surface area is 180 Å². The highest BCUT2D eigenvalue weighted by Gasteiger charge is 2.10. The van der Waals surface area contributed by atoms with E-state index < -0.39 is 0 Å². The van der Waals surface area contributed by atoms with Gasteiger partial charge in [0.05, 0.1) is 24.9 Å². The summed E-state index contributed by atoms with van der Waals surface area (Å²) >= 11 is 5.97. The minimum atomic E-state index is -0.120. The predicted molar refractivity (Wildman–Crippen MR) is 119 cm³/mol. The van der Waals surface area contributed by atoms with Gasteiger partial charge in [-0.15, -0.1) is 0 Å². The third-order valence-electron chi connectivity index (χ3n) is 4.84. The molecule has 0 spiro atoms. The largest absolute Gasteiger partial charge is 0.494 e. The van der Waals surface area contributed by atoms with Crippen LogP contribution >= 0.6 is 11.6 Å². The molecule has 0 fully saturated rings. The second kappa shape index (κ2) is 9.01. The molecule has 30 heavy (non-hydrogen) atoms. The first-order valence-electron chi connectivity index (χ1n) is 9.82. The number of fused-ring (bicyclic) bond motifs is 1. The SMILES string of the molecule is CCOc1ccc(CNC(=O)c2ccc3cnn(Cc4ccc(Cl)cc4)c3c2)cc1. The molecule has 1 heterocycles. The Morgan fingerprint density at radius 1 is 1.03 bits per heavy atom. The lowest BCUT2D eigenvalue weighted by Crippen LogP contribution is -2.22. The fraction of sp³-hybridized carbons (Fsp3) is 0.167. The molecule has 0 aliphatic carbocycles. The Morgan fingerprint density at radius 2 is 1.77 bits per heavy atom. The van der Waals surface area contributed by atoms with Crippen molar-refractivity contribution in [3.05, 3.63) is 94.6 Å². The topological polar surface area (TPSA) is 56.1 Å². The van der Waals surface area contributed by atoms with Crippen LogP contribution in [0.1, 0.15) is 28.4 Å². The fourth-order valence-corrected chi connectivity index (χ4v) is 3.38. The Bertz CT molecular complexity index is 1150. The van der Waals surface area contributed by atoms with E-state index in [1.807, 2.05) is 84.5 Å². The quantitative estimate of drug-likeness (QED) is 0.455. The van der Waals surface area contributed by atoms with Gasteiger partial charge < -0.3 is 10.1 Å². The summed E-state index contributed by atoms with van der Waals surface area (Å²) < 4.78 is 7.34. The van der Waals surface area contributed by atoms with E-state index in [1.54, 1.807) is 0 Å². The van der Waals surface area contributed by atoms with E-state index in [1.165, 1.54) is 0 Å². The van der Waals surface area contributed by atoms with E-state index in [2.05, 4.69) is 10.4 Å². The molecule has 0 unspecified atom stereocenters. The van der Waals surface area contributed by atoms with Crippen molar-refractivity contribution in [2.75, 3.05) is 6.61 Å². The molecule has 0 saturated heterocycles. The van der Waals surface area contributed by atoms with Crippen molar-refractivity contribution in [3.8, 4) is 5.75 Å². The van der Waals surface area contributed by atoms with Gasteiger partial charge in [-0.3, -0.25) is 9.48 Å². The average molecular weight is 420 g/mol. The van der Waals surface area contributed by atoms with Crippen LogP contribution in [0.5, 0.6) is 5.75 Å². The minimum Gasteiger partial charge on any atom is -0.494 e. The Morgan fingerprint density at radius 3 is 2.50 bits per heavy atom. The number of rotatable bonds is 7. The smallest absolute Gasteiger partial charge is 0.251 e. The van der Waals surface area contributed by atoms with Crippen molar-refractivity contribution in [1.82, 2.24) is 15.1 Å². The zero-order chi connectivity index (χ0) is 20.9. The van der Waals surface area contributed by atoms with Gasteiger partial charge in [-0.05, 0) is 54.4 Å². The highest BCUT2D eigenvalue weighted by molar-refractivity contribution is 6.30. The second-order valence-electron chi connectivity index (χ2n) is 6.96. The standard InChI is InChI=1S/C24H22ClN3O2/c1-2-30-22-11-5-17(6-12-22)14-26-24(29)19-7-8-20-15-27-28(23(20)13-19)16-18-3-9-21(25)10-4-18/h3-13,15H,2,14,16H2,1H3,(H,26,29). The Kier molecular flexibility index (Phi) is 6.00. The summed E-state index contributed by atoms with van der Waals surface area (Å²) in [6.45, 7) is 3.64. The van der Waals surface area contributed by atoms with Gasteiger partial charge in [0.15, 0.2) is 0 Å². The number of hydrogen-bond donors (Lipinski definition) is 1. The number of carbonyl (C=O) groups excluding carboxylic acids is 1. The number of amides is 1. The summed E-state index contributed by atoms with van der Waals surface area (Å²) in [6.07, 6.45) is 1.81. The number of nitrogens with zero attached hydrogens (tertiary/aromatic N) is 2. The fourth-order valence-electron chi connectivity index (χ4n) is 3.26. The first kappa shape index (κ1) is 20.0. The summed E-state index contributed by atoms with van der Waals surface area (Å²) in [5.41, 5.74) is 3.63. The number of carbonyl (C=O) groups is 1. The molecule has 5 nitrogen and oxygen atoms in total. The van der Waals surface area contributed by atoms with E-state index >= 15 is 0 Å². The number of halogens is 1. The lowest BCUT2D eigenvalue weighted by Gasteiger charge is -2.08. The van der Waals surface area contributed by atoms with Crippen molar-refractivity contribution in [2.45, 2.75) is 20.0 Å². The highest BCUT2D eigenvalue weighted by atomic mass is 35.5. The first-order valence-corrected chi connectivity index (χ1v) is 10.2. The first-order chi connectivity index (χ1) is 14.6. The van der Waals surface area contributed by atoms with Crippen LogP contribution in [0.25, 0.3) is 10.9 Å². The highest BCUT2D eigenvalue weighted by Crippen LogP contribution is 2.19. The molecular formula is C24H22ClN3O2. The van der Waals surface area contributed by atoms with E-state index in [9.17, 15) is 4.79 Å². The van der Waals surface area contributed by atoms with Crippen molar-refractivity contribution in [3.63, 3.8) is 0 Å².